The van der Waals surface area contributed by atoms with Gasteiger partial charge in [-0.25, -0.2) is 0 Å². The van der Waals surface area contributed by atoms with E-state index >= 15 is 0 Å². The van der Waals surface area contributed by atoms with Crippen LogP contribution in [0.1, 0.15) is 48.5 Å². The van der Waals surface area contributed by atoms with Crippen molar-refractivity contribution in [2.75, 3.05) is 20.2 Å². The smallest absolute Gasteiger partial charge is 0.255 e. The Kier molecular flexibility index (Phi) is 6.93. The van der Waals surface area contributed by atoms with E-state index in [1.54, 1.807) is 31.5 Å². The van der Waals surface area contributed by atoms with E-state index in [-0.39, 0.29) is 29.9 Å². The third-order valence-electron chi connectivity index (χ3n) is 6.05. The fourth-order valence-electron chi connectivity index (χ4n) is 4.10. The number of carbonyl (C=O) groups excluding carboxylic acids is 2. The highest BCUT2D eigenvalue weighted by Gasteiger charge is 2.35. The number of nitrogens with zero attached hydrogens (tertiary/aromatic N) is 2. The van der Waals surface area contributed by atoms with Crippen molar-refractivity contribution < 1.29 is 19.1 Å². The molecule has 1 aromatic carbocycles. The molecular formula is C25H31N3O4. The summed E-state index contributed by atoms with van der Waals surface area (Å²) in [4.78, 5) is 31.5. The van der Waals surface area contributed by atoms with Gasteiger partial charge in [-0.05, 0) is 56.0 Å². The van der Waals surface area contributed by atoms with Crippen LogP contribution in [0.5, 0.6) is 11.5 Å². The first-order valence-corrected chi connectivity index (χ1v) is 11.4. The van der Waals surface area contributed by atoms with Crippen LogP contribution in [0.25, 0.3) is 0 Å². The number of carbonyl (C=O) groups is 2. The molecule has 1 aliphatic heterocycles. The molecule has 0 unspecified atom stereocenters. The van der Waals surface area contributed by atoms with E-state index in [9.17, 15) is 9.59 Å². The molecule has 0 radical (unpaired) electrons. The molecule has 1 aromatic heterocycles. The third-order valence-corrected chi connectivity index (χ3v) is 6.05. The average molecular weight is 438 g/mol. The van der Waals surface area contributed by atoms with E-state index in [0.29, 0.717) is 36.6 Å². The van der Waals surface area contributed by atoms with E-state index in [1.165, 1.54) is 0 Å². The fourth-order valence-corrected chi connectivity index (χ4v) is 4.10. The largest absolute Gasteiger partial charge is 0.497 e. The highest BCUT2D eigenvalue weighted by molar-refractivity contribution is 5.97. The number of amides is 2. The Balaban J connectivity index is 1.39. The molecule has 2 heterocycles. The molecule has 2 aromatic rings. The lowest BCUT2D eigenvalue weighted by molar-refractivity contribution is -0.134. The number of nitrogens with one attached hydrogen (secondary N) is 1. The Morgan fingerprint density at radius 3 is 2.62 bits per heavy atom. The summed E-state index contributed by atoms with van der Waals surface area (Å²) in [5, 5.41) is 3.06. The summed E-state index contributed by atoms with van der Waals surface area (Å²) in [5.74, 6) is 1.49. The zero-order valence-corrected chi connectivity index (χ0v) is 18.8. The second kappa shape index (κ2) is 10.0. The molecule has 1 aliphatic carbocycles. The first-order chi connectivity index (χ1) is 15.5. The number of benzene rings is 1. The summed E-state index contributed by atoms with van der Waals surface area (Å²) in [5.41, 5.74) is 1.52. The lowest BCUT2D eigenvalue weighted by Crippen LogP contribution is -2.42. The standard InChI is InChI=1S/C25H31N3O4/c1-17(14-18-4-3-11-26-16-18)27-24(29)22-15-21(31-2)7-8-23(22)32-20-9-12-28(13-10-20)25(30)19-5-6-19/h3-4,7-8,11,15-17,19-20H,5-6,9-10,12-14H2,1-2H3,(H,27,29)/t17-/m1/s1. The van der Waals surface area contributed by atoms with Gasteiger partial charge in [0.15, 0.2) is 0 Å². The lowest BCUT2D eigenvalue weighted by Gasteiger charge is -2.32. The summed E-state index contributed by atoms with van der Waals surface area (Å²) in [6.45, 7) is 3.39. The molecule has 170 valence electrons. The van der Waals surface area contributed by atoms with Crippen LogP contribution in [0.3, 0.4) is 0 Å². The van der Waals surface area contributed by atoms with Crippen LogP contribution in [0.4, 0.5) is 0 Å². The highest BCUT2D eigenvalue weighted by Crippen LogP contribution is 2.33. The van der Waals surface area contributed by atoms with Crippen LogP contribution < -0.4 is 14.8 Å². The topological polar surface area (TPSA) is 80.8 Å². The van der Waals surface area contributed by atoms with Crippen LogP contribution in [0, 0.1) is 5.92 Å². The van der Waals surface area contributed by atoms with Gasteiger partial charge in [-0.1, -0.05) is 6.07 Å². The maximum atomic E-state index is 13.1. The van der Waals surface area contributed by atoms with Gasteiger partial charge < -0.3 is 19.7 Å². The van der Waals surface area contributed by atoms with Crippen molar-refractivity contribution in [3.63, 3.8) is 0 Å². The van der Waals surface area contributed by atoms with Crippen LogP contribution in [-0.4, -0.2) is 54.0 Å². The third kappa shape index (κ3) is 5.58. The predicted molar refractivity (Wildman–Crippen MR) is 121 cm³/mol. The summed E-state index contributed by atoms with van der Waals surface area (Å²) in [7, 11) is 1.58. The molecule has 32 heavy (non-hydrogen) atoms. The van der Waals surface area contributed by atoms with Crippen LogP contribution in [0.15, 0.2) is 42.7 Å². The molecule has 1 saturated carbocycles. The van der Waals surface area contributed by atoms with E-state index in [4.69, 9.17) is 9.47 Å². The summed E-state index contributed by atoms with van der Waals surface area (Å²) < 4.78 is 11.6. The van der Waals surface area contributed by atoms with Crippen molar-refractivity contribution in [1.29, 1.82) is 0 Å². The van der Waals surface area contributed by atoms with Crippen molar-refractivity contribution in [2.45, 2.75) is 51.2 Å². The second-order valence-corrected chi connectivity index (χ2v) is 8.72. The number of aromatic nitrogens is 1. The molecule has 2 amide bonds. The van der Waals surface area contributed by atoms with Gasteiger partial charge in [0, 0.05) is 50.3 Å². The first-order valence-electron chi connectivity index (χ1n) is 11.4. The highest BCUT2D eigenvalue weighted by atomic mass is 16.5. The molecule has 2 aliphatic rings. The van der Waals surface area contributed by atoms with Gasteiger partial charge in [-0.2, -0.15) is 0 Å². The van der Waals surface area contributed by atoms with E-state index in [0.717, 1.165) is 31.2 Å². The number of methoxy groups -OCH3 is 1. The Hall–Kier alpha value is -3.09. The number of likely N-dealkylation sites (tertiary alicyclic amines) is 1. The van der Waals surface area contributed by atoms with E-state index in [2.05, 4.69) is 10.3 Å². The molecule has 1 N–H and O–H groups in total. The zero-order chi connectivity index (χ0) is 22.5. The molecule has 7 nitrogen and oxygen atoms in total. The molecule has 0 spiro atoms. The van der Waals surface area contributed by atoms with Crippen molar-refractivity contribution in [3.05, 3.63) is 53.9 Å². The molecule has 7 heteroatoms. The molecule has 1 atom stereocenters. The maximum absolute atomic E-state index is 13.1. The van der Waals surface area contributed by atoms with E-state index < -0.39 is 0 Å². The van der Waals surface area contributed by atoms with Crippen molar-refractivity contribution in [3.8, 4) is 11.5 Å². The van der Waals surface area contributed by atoms with Gasteiger partial charge >= 0.3 is 0 Å². The van der Waals surface area contributed by atoms with E-state index in [1.807, 2.05) is 30.2 Å². The first kappa shape index (κ1) is 22.1. The Bertz CT molecular complexity index is 937. The molecule has 2 fully saturated rings. The monoisotopic (exact) mass is 437 g/mol. The normalized spacial score (nSPS) is 17.5. The minimum absolute atomic E-state index is 0.0222. The molecule has 1 saturated heterocycles. The quantitative estimate of drug-likeness (QED) is 0.686. The Morgan fingerprint density at radius 2 is 1.97 bits per heavy atom. The minimum atomic E-state index is -0.198. The minimum Gasteiger partial charge on any atom is -0.497 e. The van der Waals surface area contributed by atoms with Crippen LogP contribution in [-0.2, 0) is 11.2 Å². The SMILES string of the molecule is COc1ccc(OC2CCN(C(=O)C3CC3)CC2)c(C(=O)N[C@H](C)Cc2cccnc2)c1. The van der Waals surface area contributed by atoms with Gasteiger partial charge in [0.2, 0.25) is 5.91 Å². The lowest BCUT2D eigenvalue weighted by atomic mass is 10.1. The molecule has 4 rings (SSSR count). The Labute approximate surface area is 189 Å². The number of hydrogen-bond donors (Lipinski definition) is 1. The van der Waals surface area contributed by atoms with Crippen LogP contribution in [0.2, 0.25) is 0 Å². The van der Waals surface area contributed by atoms with Crippen molar-refractivity contribution in [2.24, 2.45) is 5.92 Å². The van der Waals surface area contributed by atoms with Gasteiger partial charge in [0.25, 0.3) is 5.91 Å². The molecular weight excluding hydrogens is 406 g/mol. The van der Waals surface area contributed by atoms with Crippen molar-refractivity contribution >= 4 is 11.8 Å². The summed E-state index contributed by atoms with van der Waals surface area (Å²) in [6.07, 6.45) is 7.80. The van der Waals surface area contributed by atoms with Crippen molar-refractivity contribution in [1.82, 2.24) is 15.2 Å². The summed E-state index contributed by atoms with van der Waals surface area (Å²) in [6, 6.07) is 9.13. The molecule has 0 bridgehead atoms. The Morgan fingerprint density at radius 1 is 1.19 bits per heavy atom. The predicted octanol–water partition coefficient (Wildman–Crippen LogP) is 3.23. The fraction of sp³-hybridized carbons (Fsp3) is 0.480. The summed E-state index contributed by atoms with van der Waals surface area (Å²) >= 11 is 0. The number of piperidine rings is 1. The van der Waals surface area contributed by atoms with Gasteiger partial charge in [0.1, 0.15) is 17.6 Å². The zero-order valence-electron chi connectivity index (χ0n) is 18.8. The maximum Gasteiger partial charge on any atom is 0.255 e. The number of rotatable bonds is 8. The van der Waals surface area contributed by atoms with Gasteiger partial charge in [0.05, 0.1) is 12.7 Å². The van der Waals surface area contributed by atoms with Crippen LogP contribution >= 0.6 is 0 Å². The van der Waals surface area contributed by atoms with Gasteiger partial charge in [-0.15, -0.1) is 0 Å². The van der Waals surface area contributed by atoms with Gasteiger partial charge in [-0.3, -0.25) is 14.6 Å². The number of pyridine rings is 1. The average Bonchev–Trinajstić information content (AvgIpc) is 3.65. The number of ether oxygens (including phenoxy) is 2. The number of hydrogen-bond acceptors (Lipinski definition) is 5. The second-order valence-electron chi connectivity index (χ2n) is 8.72.